The first-order chi connectivity index (χ1) is 10.9. The van der Waals surface area contributed by atoms with Crippen LogP contribution < -0.4 is 5.32 Å². The Morgan fingerprint density at radius 2 is 1.87 bits per heavy atom. The van der Waals surface area contributed by atoms with Gasteiger partial charge in [0.2, 0.25) is 0 Å². The molecule has 0 bridgehead atoms. The Balaban J connectivity index is 1.94. The summed E-state index contributed by atoms with van der Waals surface area (Å²) in [5.74, 6) is -4.23. The van der Waals surface area contributed by atoms with Crippen molar-refractivity contribution in [2.24, 2.45) is 0 Å². The highest BCUT2D eigenvalue weighted by Gasteiger charge is 2.15. The first-order valence-corrected chi connectivity index (χ1v) is 6.65. The molecule has 0 aromatic heterocycles. The zero-order chi connectivity index (χ0) is 17.0. The van der Waals surface area contributed by atoms with Crippen molar-refractivity contribution in [3.05, 3.63) is 58.6 Å². The molecule has 0 spiro atoms. The van der Waals surface area contributed by atoms with Crippen LogP contribution in [0.2, 0.25) is 5.02 Å². The van der Waals surface area contributed by atoms with Crippen molar-refractivity contribution in [2.75, 3.05) is 11.9 Å². The summed E-state index contributed by atoms with van der Waals surface area (Å²) in [6, 6.07) is 6.57. The smallest absolute Gasteiger partial charge is 0.342 e. The van der Waals surface area contributed by atoms with Crippen molar-refractivity contribution in [1.82, 2.24) is 0 Å². The number of esters is 1. The van der Waals surface area contributed by atoms with Crippen LogP contribution in [0.4, 0.5) is 14.5 Å². The first kappa shape index (κ1) is 16.7. The molecular formula is C15H10ClF2NO4. The Morgan fingerprint density at radius 1 is 1.13 bits per heavy atom. The van der Waals surface area contributed by atoms with E-state index in [-0.39, 0.29) is 22.0 Å². The number of benzene rings is 2. The van der Waals surface area contributed by atoms with Gasteiger partial charge in [0.25, 0.3) is 5.91 Å². The van der Waals surface area contributed by atoms with E-state index in [1.807, 2.05) is 0 Å². The number of nitrogens with one attached hydrogen (secondary N) is 1. The second-order valence-corrected chi connectivity index (χ2v) is 4.85. The fourth-order valence-electron chi connectivity index (χ4n) is 1.65. The van der Waals surface area contributed by atoms with Crippen molar-refractivity contribution >= 4 is 29.2 Å². The number of anilines is 1. The fraction of sp³-hybridized carbons (Fsp3) is 0.0667. The second kappa shape index (κ2) is 7.06. The molecule has 0 aliphatic carbocycles. The maximum absolute atomic E-state index is 13.0. The van der Waals surface area contributed by atoms with E-state index >= 15 is 0 Å². The minimum absolute atomic E-state index is 0.00977. The highest BCUT2D eigenvalue weighted by molar-refractivity contribution is 6.31. The largest absolute Gasteiger partial charge is 0.507 e. The van der Waals surface area contributed by atoms with E-state index < -0.39 is 30.1 Å². The van der Waals surface area contributed by atoms with Crippen LogP contribution in [0, 0.1) is 11.6 Å². The van der Waals surface area contributed by atoms with E-state index in [0.29, 0.717) is 0 Å². The molecule has 0 fully saturated rings. The van der Waals surface area contributed by atoms with Crippen molar-refractivity contribution in [3.8, 4) is 5.75 Å². The molecule has 0 atom stereocenters. The molecule has 2 aromatic rings. The molecule has 5 nitrogen and oxygen atoms in total. The van der Waals surface area contributed by atoms with Gasteiger partial charge in [-0.05, 0) is 30.3 Å². The van der Waals surface area contributed by atoms with Crippen LogP contribution in [0.15, 0.2) is 36.4 Å². The van der Waals surface area contributed by atoms with Gasteiger partial charge in [0, 0.05) is 16.8 Å². The lowest BCUT2D eigenvalue weighted by atomic mass is 10.2. The third kappa shape index (κ3) is 4.40. The molecule has 0 radical (unpaired) electrons. The van der Waals surface area contributed by atoms with Crippen molar-refractivity contribution in [1.29, 1.82) is 0 Å². The molecular weight excluding hydrogens is 332 g/mol. The molecule has 1 amide bonds. The van der Waals surface area contributed by atoms with Gasteiger partial charge in [-0.1, -0.05) is 11.6 Å². The Hall–Kier alpha value is -2.67. The Morgan fingerprint density at radius 3 is 2.57 bits per heavy atom. The minimum Gasteiger partial charge on any atom is -0.507 e. The van der Waals surface area contributed by atoms with Crippen LogP contribution in [-0.2, 0) is 9.53 Å². The molecule has 0 unspecified atom stereocenters. The number of phenols is 1. The lowest BCUT2D eigenvalue weighted by molar-refractivity contribution is -0.119. The summed E-state index contributed by atoms with van der Waals surface area (Å²) in [7, 11) is 0. The molecule has 2 N–H and O–H groups in total. The third-order valence-corrected chi connectivity index (χ3v) is 2.95. The summed E-state index contributed by atoms with van der Waals surface area (Å²) in [4.78, 5) is 23.3. The summed E-state index contributed by atoms with van der Waals surface area (Å²) >= 11 is 5.69. The maximum Gasteiger partial charge on any atom is 0.342 e. The Bertz CT molecular complexity index is 767. The lowest BCUT2D eigenvalue weighted by Gasteiger charge is -2.08. The van der Waals surface area contributed by atoms with Crippen molar-refractivity contribution in [2.45, 2.75) is 0 Å². The number of rotatable bonds is 4. The van der Waals surface area contributed by atoms with Gasteiger partial charge in [-0.3, -0.25) is 4.79 Å². The molecule has 0 aliphatic heterocycles. The normalized spacial score (nSPS) is 10.2. The predicted octanol–water partition coefficient (Wildman–Crippen LogP) is 3.12. The van der Waals surface area contributed by atoms with Crippen LogP contribution in [0.3, 0.4) is 0 Å². The number of halogens is 3. The maximum atomic E-state index is 13.0. The van der Waals surface area contributed by atoms with E-state index in [4.69, 9.17) is 16.3 Å². The standard InChI is InChI=1S/C15H10ClF2NO4/c16-8-1-4-13(20)10(5-8)15(22)23-7-14(21)19-9-2-3-11(17)12(18)6-9/h1-6,20H,7H2,(H,19,21). The molecule has 120 valence electrons. The number of carbonyl (C=O) groups is 2. The first-order valence-electron chi connectivity index (χ1n) is 6.27. The van der Waals surface area contributed by atoms with Gasteiger partial charge in [0.1, 0.15) is 11.3 Å². The van der Waals surface area contributed by atoms with Gasteiger partial charge in [-0.25, -0.2) is 13.6 Å². The van der Waals surface area contributed by atoms with E-state index in [2.05, 4.69) is 5.32 Å². The molecule has 0 aliphatic rings. The Labute approximate surface area is 134 Å². The van der Waals surface area contributed by atoms with Gasteiger partial charge in [0.05, 0.1) is 0 Å². The predicted molar refractivity (Wildman–Crippen MR) is 78.4 cm³/mol. The van der Waals surface area contributed by atoms with E-state index in [1.165, 1.54) is 18.2 Å². The van der Waals surface area contributed by atoms with Crippen LogP contribution in [0.1, 0.15) is 10.4 Å². The molecule has 8 heteroatoms. The van der Waals surface area contributed by atoms with Crippen molar-refractivity contribution in [3.63, 3.8) is 0 Å². The summed E-state index contributed by atoms with van der Waals surface area (Å²) in [5.41, 5.74) is -0.186. The summed E-state index contributed by atoms with van der Waals surface area (Å²) in [5, 5.41) is 12.0. The monoisotopic (exact) mass is 341 g/mol. The minimum atomic E-state index is -1.12. The second-order valence-electron chi connectivity index (χ2n) is 4.41. The van der Waals surface area contributed by atoms with Crippen LogP contribution in [0.5, 0.6) is 5.75 Å². The highest BCUT2D eigenvalue weighted by Crippen LogP contribution is 2.22. The lowest BCUT2D eigenvalue weighted by Crippen LogP contribution is -2.21. The van der Waals surface area contributed by atoms with E-state index in [0.717, 1.165) is 18.2 Å². The quantitative estimate of drug-likeness (QED) is 0.838. The van der Waals surface area contributed by atoms with Crippen LogP contribution >= 0.6 is 11.6 Å². The zero-order valence-electron chi connectivity index (χ0n) is 11.5. The van der Waals surface area contributed by atoms with Crippen LogP contribution in [-0.4, -0.2) is 23.6 Å². The van der Waals surface area contributed by atoms with E-state index in [1.54, 1.807) is 0 Å². The van der Waals surface area contributed by atoms with Gasteiger partial charge in [-0.15, -0.1) is 0 Å². The zero-order valence-corrected chi connectivity index (χ0v) is 12.2. The van der Waals surface area contributed by atoms with Gasteiger partial charge in [-0.2, -0.15) is 0 Å². The molecule has 0 saturated heterocycles. The number of phenolic OH excluding ortho intramolecular Hbond substituents is 1. The molecule has 0 saturated carbocycles. The molecule has 2 rings (SSSR count). The molecule has 2 aromatic carbocycles. The topological polar surface area (TPSA) is 75.6 Å². The molecule has 23 heavy (non-hydrogen) atoms. The molecule has 0 heterocycles. The number of hydrogen-bond acceptors (Lipinski definition) is 4. The number of ether oxygens (including phenoxy) is 1. The average Bonchev–Trinajstić information content (AvgIpc) is 2.51. The Kier molecular flexibility index (Phi) is 5.13. The van der Waals surface area contributed by atoms with Crippen LogP contribution in [0.25, 0.3) is 0 Å². The van der Waals surface area contributed by atoms with Crippen molar-refractivity contribution < 1.29 is 28.2 Å². The number of hydrogen-bond donors (Lipinski definition) is 2. The average molecular weight is 342 g/mol. The summed E-state index contributed by atoms with van der Waals surface area (Å²) in [6.45, 7) is -0.677. The summed E-state index contributed by atoms with van der Waals surface area (Å²) < 4.78 is 30.5. The fourth-order valence-corrected chi connectivity index (χ4v) is 1.82. The van der Waals surface area contributed by atoms with Gasteiger partial charge in [0.15, 0.2) is 18.2 Å². The number of amides is 1. The van der Waals surface area contributed by atoms with Gasteiger partial charge < -0.3 is 15.2 Å². The van der Waals surface area contributed by atoms with Gasteiger partial charge >= 0.3 is 5.97 Å². The summed E-state index contributed by atoms with van der Waals surface area (Å²) in [6.07, 6.45) is 0. The van der Waals surface area contributed by atoms with E-state index in [9.17, 15) is 23.5 Å². The highest BCUT2D eigenvalue weighted by atomic mass is 35.5. The number of carbonyl (C=O) groups excluding carboxylic acids is 2. The number of aromatic hydroxyl groups is 1. The third-order valence-electron chi connectivity index (χ3n) is 2.72. The SMILES string of the molecule is O=C(COC(=O)c1cc(Cl)ccc1O)Nc1ccc(F)c(F)c1.